The van der Waals surface area contributed by atoms with Crippen LogP contribution in [0.4, 0.5) is 4.39 Å². The van der Waals surface area contributed by atoms with Crippen LogP contribution in [0.25, 0.3) is 0 Å². The van der Waals surface area contributed by atoms with Gasteiger partial charge in [0.15, 0.2) is 6.17 Å². The van der Waals surface area contributed by atoms with Crippen LogP contribution in [0.15, 0.2) is 32.9 Å². The summed E-state index contributed by atoms with van der Waals surface area (Å²) in [6, 6.07) is 0. The molecule has 3 rings (SSSR count). The SMILES string of the molecule is O=C1C(Cl)=CC(Br)CC1=CNNC1=NC(N2CCOCC2)C(F)C=N1. The highest BCUT2D eigenvalue weighted by Crippen LogP contribution is 2.26. The number of Topliss-reactive ketones (excluding diaryl/α,β-unsaturated/α-hetero) is 1. The number of nitrogens with one attached hydrogen (secondary N) is 2. The van der Waals surface area contributed by atoms with Crippen LogP contribution in [0.3, 0.4) is 0 Å². The Labute approximate surface area is 158 Å². The zero-order chi connectivity index (χ0) is 17.8. The Morgan fingerprint density at radius 2 is 2.20 bits per heavy atom. The predicted octanol–water partition coefficient (Wildman–Crippen LogP) is 1.26. The molecule has 0 aromatic rings. The van der Waals surface area contributed by atoms with Gasteiger partial charge >= 0.3 is 0 Å². The third-order valence-electron chi connectivity index (χ3n) is 3.98. The van der Waals surface area contributed by atoms with E-state index in [9.17, 15) is 9.18 Å². The summed E-state index contributed by atoms with van der Waals surface area (Å²) in [4.78, 5) is 22.1. The van der Waals surface area contributed by atoms with Crippen molar-refractivity contribution in [3.63, 3.8) is 0 Å². The van der Waals surface area contributed by atoms with Crippen molar-refractivity contribution in [2.24, 2.45) is 9.98 Å². The summed E-state index contributed by atoms with van der Waals surface area (Å²) in [6.45, 7) is 2.37. The van der Waals surface area contributed by atoms with Crippen molar-refractivity contribution in [1.82, 2.24) is 15.8 Å². The highest BCUT2D eigenvalue weighted by molar-refractivity contribution is 9.09. The maximum Gasteiger partial charge on any atom is 0.238 e. The second-order valence-corrected chi connectivity index (χ2v) is 7.32. The van der Waals surface area contributed by atoms with Crippen LogP contribution in [0, 0.1) is 0 Å². The number of guanidine groups is 1. The van der Waals surface area contributed by atoms with Gasteiger partial charge in [-0.05, 0) is 12.5 Å². The summed E-state index contributed by atoms with van der Waals surface area (Å²) >= 11 is 9.31. The number of aliphatic imine (C=N–C) groups is 2. The molecular formula is C15H18BrClFN5O2. The van der Waals surface area contributed by atoms with E-state index in [1.807, 2.05) is 4.90 Å². The fraction of sp³-hybridized carbons (Fsp3) is 0.533. The van der Waals surface area contributed by atoms with Crippen molar-refractivity contribution < 1.29 is 13.9 Å². The minimum Gasteiger partial charge on any atom is -0.379 e. The number of alkyl halides is 2. The van der Waals surface area contributed by atoms with Gasteiger partial charge in [0, 0.05) is 35.9 Å². The predicted molar refractivity (Wildman–Crippen MR) is 97.6 cm³/mol. The number of hydrogen-bond acceptors (Lipinski definition) is 7. The van der Waals surface area contributed by atoms with Gasteiger partial charge in [0.2, 0.25) is 11.7 Å². The van der Waals surface area contributed by atoms with Crippen LogP contribution in [0.2, 0.25) is 0 Å². The molecule has 10 heteroatoms. The largest absolute Gasteiger partial charge is 0.379 e. The first-order valence-electron chi connectivity index (χ1n) is 7.89. The number of rotatable bonds is 3. The van der Waals surface area contributed by atoms with E-state index in [-0.39, 0.29) is 21.6 Å². The molecule has 0 spiro atoms. The van der Waals surface area contributed by atoms with Crippen molar-refractivity contribution in [2.75, 3.05) is 26.3 Å². The van der Waals surface area contributed by atoms with Gasteiger partial charge in [-0.1, -0.05) is 27.5 Å². The molecule has 1 aliphatic carbocycles. The molecule has 2 N–H and O–H groups in total. The topological polar surface area (TPSA) is 78.3 Å². The van der Waals surface area contributed by atoms with E-state index in [4.69, 9.17) is 16.3 Å². The summed E-state index contributed by atoms with van der Waals surface area (Å²) in [6.07, 6.45) is 3.04. The molecule has 1 fully saturated rings. The number of ketones is 1. The summed E-state index contributed by atoms with van der Waals surface area (Å²) < 4.78 is 19.4. The third-order valence-corrected chi connectivity index (χ3v) is 4.87. The van der Waals surface area contributed by atoms with E-state index in [2.05, 4.69) is 36.8 Å². The average molecular weight is 435 g/mol. The summed E-state index contributed by atoms with van der Waals surface area (Å²) in [7, 11) is 0. The molecule has 0 saturated carbocycles. The molecule has 2 heterocycles. The first-order valence-corrected chi connectivity index (χ1v) is 9.18. The number of halogens is 3. The fourth-order valence-corrected chi connectivity index (χ4v) is 3.74. The molecule has 25 heavy (non-hydrogen) atoms. The van der Waals surface area contributed by atoms with Gasteiger partial charge in [-0.2, -0.15) is 0 Å². The van der Waals surface area contributed by atoms with Gasteiger partial charge in [0.25, 0.3) is 0 Å². The number of nitrogens with zero attached hydrogens (tertiary/aromatic N) is 3. The van der Waals surface area contributed by atoms with Gasteiger partial charge in [-0.15, -0.1) is 0 Å². The molecule has 0 bridgehead atoms. The van der Waals surface area contributed by atoms with Gasteiger partial charge in [-0.25, -0.2) is 14.4 Å². The Morgan fingerprint density at radius 1 is 1.44 bits per heavy atom. The Balaban J connectivity index is 1.60. The number of allylic oxidation sites excluding steroid dienone is 3. The Kier molecular flexibility index (Phi) is 6.21. The van der Waals surface area contributed by atoms with E-state index in [0.717, 1.165) is 0 Å². The molecule has 0 aromatic carbocycles. The van der Waals surface area contributed by atoms with Gasteiger partial charge < -0.3 is 10.2 Å². The molecule has 2 aliphatic heterocycles. The molecule has 3 unspecified atom stereocenters. The van der Waals surface area contributed by atoms with Crippen molar-refractivity contribution >= 4 is 45.5 Å². The Hall–Kier alpha value is -1.29. The monoisotopic (exact) mass is 433 g/mol. The average Bonchev–Trinajstić information content (AvgIpc) is 2.61. The van der Waals surface area contributed by atoms with Crippen LogP contribution in [0.5, 0.6) is 0 Å². The lowest BCUT2D eigenvalue weighted by Gasteiger charge is -2.34. The third kappa shape index (κ3) is 4.66. The summed E-state index contributed by atoms with van der Waals surface area (Å²) in [5.41, 5.74) is 6.09. The smallest absolute Gasteiger partial charge is 0.238 e. The van der Waals surface area contributed by atoms with Crippen LogP contribution in [-0.2, 0) is 9.53 Å². The van der Waals surface area contributed by atoms with E-state index in [1.165, 1.54) is 12.4 Å². The van der Waals surface area contributed by atoms with E-state index in [0.29, 0.717) is 38.3 Å². The minimum atomic E-state index is -1.26. The molecule has 0 radical (unpaired) electrons. The van der Waals surface area contributed by atoms with E-state index in [1.54, 1.807) is 6.08 Å². The van der Waals surface area contributed by atoms with Crippen LogP contribution >= 0.6 is 27.5 Å². The van der Waals surface area contributed by atoms with Crippen molar-refractivity contribution in [1.29, 1.82) is 0 Å². The molecule has 136 valence electrons. The fourth-order valence-electron chi connectivity index (χ4n) is 2.70. The second-order valence-electron chi connectivity index (χ2n) is 5.74. The van der Waals surface area contributed by atoms with Crippen molar-refractivity contribution in [3.05, 3.63) is 22.9 Å². The lowest BCUT2D eigenvalue weighted by molar-refractivity contribution is -0.112. The number of hydrazine groups is 1. The maximum atomic E-state index is 14.1. The number of carbonyl (C=O) groups excluding carboxylic acids is 1. The first-order chi connectivity index (χ1) is 12.0. The maximum absolute atomic E-state index is 14.1. The molecule has 7 nitrogen and oxygen atoms in total. The Morgan fingerprint density at radius 3 is 2.96 bits per heavy atom. The van der Waals surface area contributed by atoms with E-state index >= 15 is 0 Å². The lowest BCUT2D eigenvalue weighted by atomic mass is 10.0. The van der Waals surface area contributed by atoms with Crippen molar-refractivity contribution in [3.8, 4) is 0 Å². The molecule has 3 atom stereocenters. The highest BCUT2D eigenvalue weighted by atomic mass is 79.9. The van der Waals surface area contributed by atoms with Gasteiger partial charge in [-0.3, -0.25) is 15.1 Å². The first kappa shape index (κ1) is 18.5. The second kappa shape index (κ2) is 8.39. The molecule has 0 amide bonds. The lowest BCUT2D eigenvalue weighted by Crippen LogP contribution is -2.50. The zero-order valence-electron chi connectivity index (χ0n) is 13.3. The number of carbonyl (C=O) groups is 1. The minimum absolute atomic E-state index is 0.00814. The summed E-state index contributed by atoms with van der Waals surface area (Å²) in [5.74, 6) is 0.0262. The Bertz CT molecular complexity index is 648. The van der Waals surface area contributed by atoms with Crippen LogP contribution < -0.4 is 10.9 Å². The molecule has 1 saturated heterocycles. The quantitative estimate of drug-likeness (QED) is 0.397. The van der Waals surface area contributed by atoms with Gasteiger partial charge in [0.05, 0.1) is 18.2 Å². The normalized spacial score (nSPS) is 32.4. The standard InChI is InChI=1S/C15H18BrClFN5O2/c16-10-5-9(13(24)11(17)6-10)7-20-22-15-19-8-12(18)14(21-15)23-1-3-25-4-2-23/h6-8,10,12,14,20H,1-5H2,(H,21,22). The van der Waals surface area contributed by atoms with Crippen molar-refractivity contribution in [2.45, 2.75) is 23.6 Å². The van der Waals surface area contributed by atoms with E-state index < -0.39 is 12.3 Å². The van der Waals surface area contributed by atoms with Gasteiger partial charge in [0.1, 0.15) is 6.17 Å². The zero-order valence-corrected chi connectivity index (χ0v) is 15.6. The van der Waals surface area contributed by atoms with Crippen LogP contribution in [-0.4, -0.2) is 66.3 Å². The number of morpholine rings is 1. The molecular weight excluding hydrogens is 417 g/mol. The van der Waals surface area contributed by atoms with Crippen LogP contribution in [0.1, 0.15) is 6.42 Å². The molecule has 0 aromatic heterocycles. The number of ether oxygens (including phenoxy) is 1. The number of hydrogen-bond donors (Lipinski definition) is 2. The summed E-state index contributed by atoms with van der Waals surface area (Å²) in [5, 5.41) is 0.182. The highest BCUT2D eigenvalue weighted by Gasteiger charge is 2.30. The molecule has 3 aliphatic rings.